The second-order valence-electron chi connectivity index (χ2n) is 5.61. The lowest BCUT2D eigenvalue weighted by atomic mass is 10.1. The van der Waals surface area contributed by atoms with Gasteiger partial charge in [0.15, 0.2) is 4.93 Å². The molecule has 0 aliphatic carbocycles. The standard InChI is InChI=1S/C19H20O4S/c1-15(20)23-19(11-13-21-14-12-19)24-18-9-7-17(8-10-18)22-16-5-3-2-4-6-16/h2-10H,11-14H2,1H3. The van der Waals surface area contributed by atoms with Crippen molar-refractivity contribution in [2.24, 2.45) is 0 Å². The number of benzene rings is 2. The maximum Gasteiger partial charge on any atom is 0.304 e. The summed E-state index contributed by atoms with van der Waals surface area (Å²) in [5.41, 5.74) is 0. The summed E-state index contributed by atoms with van der Waals surface area (Å²) < 4.78 is 16.8. The number of rotatable bonds is 5. The number of carbonyl (C=O) groups is 1. The topological polar surface area (TPSA) is 44.8 Å². The lowest BCUT2D eigenvalue weighted by molar-refractivity contribution is -0.153. The first-order valence-electron chi connectivity index (χ1n) is 7.95. The van der Waals surface area contributed by atoms with Crippen molar-refractivity contribution in [2.45, 2.75) is 29.6 Å². The van der Waals surface area contributed by atoms with Gasteiger partial charge in [-0.2, -0.15) is 0 Å². The smallest absolute Gasteiger partial charge is 0.304 e. The summed E-state index contributed by atoms with van der Waals surface area (Å²) in [7, 11) is 0. The minimum absolute atomic E-state index is 0.256. The normalized spacial score (nSPS) is 16.4. The van der Waals surface area contributed by atoms with Crippen molar-refractivity contribution in [3.63, 3.8) is 0 Å². The summed E-state index contributed by atoms with van der Waals surface area (Å²) in [5, 5.41) is 0. The van der Waals surface area contributed by atoms with E-state index in [4.69, 9.17) is 14.2 Å². The summed E-state index contributed by atoms with van der Waals surface area (Å²) in [6.45, 7) is 2.67. The van der Waals surface area contributed by atoms with Crippen LogP contribution in [-0.2, 0) is 14.3 Å². The average molecular weight is 344 g/mol. The Morgan fingerprint density at radius 2 is 1.62 bits per heavy atom. The van der Waals surface area contributed by atoms with Crippen molar-refractivity contribution in [2.75, 3.05) is 13.2 Å². The molecule has 2 aromatic rings. The van der Waals surface area contributed by atoms with Crippen LogP contribution in [0.5, 0.6) is 11.5 Å². The summed E-state index contributed by atoms with van der Waals surface area (Å²) in [6.07, 6.45) is 1.39. The van der Waals surface area contributed by atoms with Gasteiger partial charge in [-0.05, 0) is 36.4 Å². The maximum atomic E-state index is 11.5. The van der Waals surface area contributed by atoms with Gasteiger partial charge >= 0.3 is 5.97 Å². The minimum atomic E-state index is -0.536. The molecule has 0 N–H and O–H groups in total. The molecule has 5 heteroatoms. The Kier molecular flexibility index (Phi) is 5.43. The van der Waals surface area contributed by atoms with Crippen LogP contribution in [-0.4, -0.2) is 24.1 Å². The number of carbonyl (C=O) groups excluding carboxylic acids is 1. The Labute approximate surface area is 146 Å². The number of hydrogen-bond acceptors (Lipinski definition) is 5. The molecular weight excluding hydrogens is 324 g/mol. The fourth-order valence-electron chi connectivity index (χ4n) is 2.58. The van der Waals surface area contributed by atoms with Gasteiger partial charge in [0.25, 0.3) is 0 Å². The molecule has 24 heavy (non-hydrogen) atoms. The molecule has 3 rings (SSSR count). The summed E-state index contributed by atoms with van der Waals surface area (Å²) in [5.74, 6) is 1.33. The highest BCUT2D eigenvalue weighted by molar-refractivity contribution is 8.00. The van der Waals surface area contributed by atoms with Crippen molar-refractivity contribution in [1.82, 2.24) is 0 Å². The Morgan fingerprint density at radius 1 is 1.00 bits per heavy atom. The van der Waals surface area contributed by atoms with Crippen molar-refractivity contribution < 1.29 is 19.0 Å². The second-order valence-corrected chi connectivity index (χ2v) is 7.02. The van der Waals surface area contributed by atoms with Gasteiger partial charge in [0.2, 0.25) is 0 Å². The van der Waals surface area contributed by atoms with Crippen LogP contribution >= 0.6 is 11.8 Å². The van der Waals surface area contributed by atoms with Crippen LogP contribution in [0.15, 0.2) is 59.5 Å². The van der Waals surface area contributed by atoms with Gasteiger partial charge in [-0.1, -0.05) is 30.0 Å². The number of ether oxygens (including phenoxy) is 3. The molecular formula is C19H20O4S. The van der Waals surface area contributed by atoms with Gasteiger partial charge < -0.3 is 14.2 Å². The Hall–Kier alpha value is -1.98. The molecule has 1 saturated heterocycles. The quantitative estimate of drug-likeness (QED) is 0.584. The monoisotopic (exact) mass is 344 g/mol. The van der Waals surface area contributed by atoms with Crippen LogP contribution in [0.4, 0.5) is 0 Å². The molecule has 0 radical (unpaired) electrons. The highest BCUT2D eigenvalue weighted by Crippen LogP contribution is 2.42. The molecule has 0 atom stereocenters. The van der Waals surface area contributed by atoms with E-state index in [0.717, 1.165) is 16.4 Å². The van der Waals surface area contributed by atoms with Gasteiger partial charge in [0.05, 0.1) is 13.2 Å². The van der Waals surface area contributed by atoms with E-state index < -0.39 is 4.93 Å². The molecule has 0 saturated carbocycles. The van der Waals surface area contributed by atoms with Crippen molar-refractivity contribution in [3.8, 4) is 11.5 Å². The highest BCUT2D eigenvalue weighted by Gasteiger charge is 2.37. The first kappa shape index (κ1) is 16.9. The van der Waals surface area contributed by atoms with Gasteiger partial charge in [-0.3, -0.25) is 4.79 Å². The van der Waals surface area contributed by atoms with E-state index in [-0.39, 0.29) is 5.97 Å². The number of thioether (sulfide) groups is 1. The van der Waals surface area contributed by atoms with Crippen LogP contribution in [0.2, 0.25) is 0 Å². The molecule has 0 spiro atoms. The fourth-order valence-corrected chi connectivity index (χ4v) is 3.82. The second kappa shape index (κ2) is 7.73. The third kappa shape index (κ3) is 4.52. The van der Waals surface area contributed by atoms with Crippen LogP contribution in [0.25, 0.3) is 0 Å². The highest BCUT2D eigenvalue weighted by atomic mass is 32.2. The zero-order valence-electron chi connectivity index (χ0n) is 13.6. The number of para-hydroxylation sites is 1. The van der Waals surface area contributed by atoms with E-state index in [2.05, 4.69) is 0 Å². The van der Waals surface area contributed by atoms with Crippen LogP contribution in [0.1, 0.15) is 19.8 Å². The Balaban J connectivity index is 1.69. The lowest BCUT2D eigenvalue weighted by Gasteiger charge is -2.35. The summed E-state index contributed by atoms with van der Waals surface area (Å²) in [4.78, 5) is 12.0. The summed E-state index contributed by atoms with van der Waals surface area (Å²) in [6, 6.07) is 17.5. The zero-order valence-corrected chi connectivity index (χ0v) is 14.4. The van der Waals surface area contributed by atoms with Crippen molar-refractivity contribution >= 4 is 17.7 Å². The van der Waals surface area contributed by atoms with E-state index in [1.165, 1.54) is 6.92 Å². The van der Waals surface area contributed by atoms with E-state index in [9.17, 15) is 4.79 Å². The third-order valence-corrected chi connectivity index (χ3v) is 5.06. The lowest BCUT2D eigenvalue weighted by Crippen LogP contribution is -2.37. The third-order valence-electron chi connectivity index (χ3n) is 3.69. The first-order chi connectivity index (χ1) is 11.7. The predicted octanol–water partition coefficient (Wildman–Crippen LogP) is 4.64. The first-order valence-corrected chi connectivity index (χ1v) is 8.76. The fraction of sp³-hybridized carbons (Fsp3) is 0.316. The van der Waals surface area contributed by atoms with Crippen LogP contribution in [0, 0.1) is 0 Å². The molecule has 0 bridgehead atoms. The maximum absolute atomic E-state index is 11.5. The van der Waals surface area contributed by atoms with Gasteiger partial charge in [-0.15, -0.1) is 0 Å². The minimum Gasteiger partial charge on any atom is -0.457 e. The molecule has 1 heterocycles. The van der Waals surface area contributed by atoms with E-state index in [1.807, 2.05) is 54.6 Å². The molecule has 4 nitrogen and oxygen atoms in total. The van der Waals surface area contributed by atoms with Crippen LogP contribution < -0.4 is 4.74 Å². The number of esters is 1. The van der Waals surface area contributed by atoms with Gasteiger partial charge in [0.1, 0.15) is 11.5 Å². The molecule has 0 amide bonds. The molecule has 126 valence electrons. The van der Waals surface area contributed by atoms with E-state index in [0.29, 0.717) is 26.1 Å². The molecule has 1 fully saturated rings. The van der Waals surface area contributed by atoms with Gasteiger partial charge in [0, 0.05) is 24.7 Å². The van der Waals surface area contributed by atoms with E-state index >= 15 is 0 Å². The predicted molar refractivity (Wildman–Crippen MR) is 93.4 cm³/mol. The van der Waals surface area contributed by atoms with Crippen LogP contribution in [0.3, 0.4) is 0 Å². The summed E-state index contributed by atoms with van der Waals surface area (Å²) >= 11 is 1.58. The van der Waals surface area contributed by atoms with Gasteiger partial charge in [-0.25, -0.2) is 0 Å². The number of hydrogen-bond donors (Lipinski definition) is 0. The Morgan fingerprint density at radius 3 is 2.25 bits per heavy atom. The molecule has 0 unspecified atom stereocenters. The molecule has 2 aromatic carbocycles. The van der Waals surface area contributed by atoms with Crippen molar-refractivity contribution in [1.29, 1.82) is 0 Å². The average Bonchev–Trinajstić information content (AvgIpc) is 2.58. The zero-order chi connectivity index (χ0) is 16.8. The van der Waals surface area contributed by atoms with Crippen molar-refractivity contribution in [3.05, 3.63) is 54.6 Å². The largest absolute Gasteiger partial charge is 0.457 e. The molecule has 1 aliphatic heterocycles. The van der Waals surface area contributed by atoms with E-state index in [1.54, 1.807) is 11.8 Å². The SMILES string of the molecule is CC(=O)OC1(Sc2ccc(Oc3ccccc3)cc2)CCOCC1. The Bertz CT molecular complexity index is 664. The molecule has 0 aromatic heterocycles. The molecule has 1 aliphatic rings.